The second kappa shape index (κ2) is 5.13. The molecule has 1 aliphatic carbocycles. The van der Waals surface area contributed by atoms with Crippen LogP contribution in [0.1, 0.15) is 18.4 Å². The molecule has 1 aromatic carbocycles. The molecule has 0 spiro atoms. The Balaban J connectivity index is 1.72. The predicted molar refractivity (Wildman–Crippen MR) is 83.7 cm³/mol. The van der Waals surface area contributed by atoms with E-state index in [9.17, 15) is 0 Å². The number of para-hydroxylation sites is 2. The van der Waals surface area contributed by atoms with E-state index in [0.29, 0.717) is 11.1 Å². The van der Waals surface area contributed by atoms with Gasteiger partial charge >= 0.3 is 0 Å². The summed E-state index contributed by atoms with van der Waals surface area (Å²) >= 11 is 6.25. The molecule has 106 valence electrons. The van der Waals surface area contributed by atoms with Crippen molar-refractivity contribution in [1.82, 2.24) is 19.9 Å². The number of aromatic nitrogens is 3. The Hall–Kier alpha value is -1.91. The molecule has 2 heterocycles. The molecule has 0 amide bonds. The van der Waals surface area contributed by atoms with Crippen molar-refractivity contribution in [2.75, 3.05) is 0 Å². The third-order valence-corrected chi connectivity index (χ3v) is 4.12. The number of pyridine rings is 1. The molecular weight excluding hydrogens is 284 g/mol. The molecule has 0 aliphatic heterocycles. The first-order chi connectivity index (χ1) is 10.3. The number of nitrogens with one attached hydrogen (secondary N) is 1. The number of hydrogen-bond donors (Lipinski definition) is 1. The van der Waals surface area contributed by atoms with Crippen LogP contribution in [0, 0.1) is 0 Å². The first-order valence-electron chi connectivity index (χ1n) is 7.11. The monoisotopic (exact) mass is 298 g/mol. The van der Waals surface area contributed by atoms with Crippen LogP contribution in [0.15, 0.2) is 42.9 Å². The van der Waals surface area contributed by atoms with Crippen LogP contribution in [0.2, 0.25) is 5.02 Å². The molecule has 0 saturated heterocycles. The molecule has 3 aromatic rings. The number of fused-ring (bicyclic) bond motifs is 1. The van der Waals surface area contributed by atoms with E-state index >= 15 is 0 Å². The van der Waals surface area contributed by atoms with Gasteiger partial charge in [0.2, 0.25) is 0 Å². The predicted octanol–water partition coefficient (Wildman–Crippen LogP) is 3.33. The van der Waals surface area contributed by atoms with Crippen molar-refractivity contribution < 1.29 is 0 Å². The number of imidazole rings is 1. The van der Waals surface area contributed by atoms with Crippen molar-refractivity contribution in [1.29, 1.82) is 0 Å². The standard InChI is InChI=1S/C16H15ClN4/c17-13-9-19-16(7-11(13)8-18-12-5-6-12)21-10-20-14-3-1-2-4-15(14)21/h1-4,7,9-10,12,18H,5-6,8H2. The first-order valence-corrected chi connectivity index (χ1v) is 7.49. The zero-order valence-electron chi connectivity index (χ0n) is 11.5. The SMILES string of the molecule is Clc1cnc(-n2cnc3ccccc32)cc1CNC1CC1. The highest BCUT2D eigenvalue weighted by Gasteiger charge is 2.20. The van der Waals surface area contributed by atoms with E-state index in [1.165, 1.54) is 12.8 Å². The minimum absolute atomic E-state index is 0.659. The van der Waals surface area contributed by atoms with Gasteiger partial charge in [0.25, 0.3) is 0 Å². The molecule has 1 N–H and O–H groups in total. The molecule has 1 saturated carbocycles. The van der Waals surface area contributed by atoms with Crippen LogP contribution in [-0.2, 0) is 6.54 Å². The molecule has 1 aliphatic rings. The zero-order valence-corrected chi connectivity index (χ0v) is 12.2. The van der Waals surface area contributed by atoms with Gasteiger partial charge in [0.1, 0.15) is 12.1 Å². The number of hydrogen-bond acceptors (Lipinski definition) is 3. The zero-order chi connectivity index (χ0) is 14.2. The maximum absolute atomic E-state index is 6.25. The average Bonchev–Trinajstić information content (AvgIpc) is 3.24. The molecule has 0 bridgehead atoms. The van der Waals surface area contributed by atoms with Crippen LogP contribution in [0.3, 0.4) is 0 Å². The third kappa shape index (κ3) is 2.52. The van der Waals surface area contributed by atoms with Crippen LogP contribution in [0.4, 0.5) is 0 Å². The van der Waals surface area contributed by atoms with Gasteiger partial charge in [-0.25, -0.2) is 9.97 Å². The lowest BCUT2D eigenvalue weighted by atomic mass is 10.2. The van der Waals surface area contributed by atoms with E-state index < -0.39 is 0 Å². The molecule has 4 rings (SSSR count). The van der Waals surface area contributed by atoms with Gasteiger partial charge in [0.15, 0.2) is 0 Å². The Labute approximate surface area is 127 Å². The summed E-state index contributed by atoms with van der Waals surface area (Å²) in [6.07, 6.45) is 6.05. The molecular formula is C16H15ClN4. The highest BCUT2D eigenvalue weighted by atomic mass is 35.5. The lowest BCUT2D eigenvalue weighted by Gasteiger charge is -2.09. The first kappa shape index (κ1) is 12.8. The topological polar surface area (TPSA) is 42.7 Å². The summed E-state index contributed by atoms with van der Waals surface area (Å²) in [4.78, 5) is 8.84. The van der Waals surface area contributed by atoms with Gasteiger partial charge in [-0.05, 0) is 36.6 Å². The lowest BCUT2D eigenvalue weighted by molar-refractivity contribution is 0.686. The second-order valence-electron chi connectivity index (χ2n) is 5.39. The molecule has 21 heavy (non-hydrogen) atoms. The minimum atomic E-state index is 0.659. The van der Waals surface area contributed by atoms with Crippen molar-refractivity contribution >= 4 is 22.6 Å². The fraction of sp³-hybridized carbons (Fsp3) is 0.250. The van der Waals surface area contributed by atoms with Gasteiger partial charge in [0.05, 0.1) is 16.1 Å². The van der Waals surface area contributed by atoms with E-state index in [2.05, 4.69) is 15.3 Å². The second-order valence-corrected chi connectivity index (χ2v) is 5.80. The Morgan fingerprint density at radius 1 is 1.24 bits per heavy atom. The summed E-state index contributed by atoms with van der Waals surface area (Å²) < 4.78 is 1.99. The van der Waals surface area contributed by atoms with Crippen molar-refractivity contribution in [3.05, 3.63) is 53.4 Å². The van der Waals surface area contributed by atoms with Gasteiger partial charge in [-0.1, -0.05) is 23.7 Å². The minimum Gasteiger partial charge on any atom is -0.310 e. The molecule has 1 fully saturated rings. The maximum atomic E-state index is 6.25. The van der Waals surface area contributed by atoms with Crippen LogP contribution >= 0.6 is 11.6 Å². The van der Waals surface area contributed by atoms with Crippen LogP contribution in [-0.4, -0.2) is 20.6 Å². The number of halogens is 1. The van der Waals surface area contributed by atoms with Gasteiger partial charge < -0.3 is 5.32 Å². The number of benzene rings is 1. The van der Waals surface area contributed by atoms with Crippen molar-refractivity contribution in [2.24, 2.45) is 0 Å². The van der Waals surface area contributed by atoms with Gasteiger partial charge in [-0.3, -0.25) is 4.57 Å². The van der Waals surface area contributed by atoms with Crippen molar-refractivity contribution in [3.63, 3.8) is 0 Å². The van der Waals surface area contributed by atoms with Crippen LogP contribution in [0.5, 0.6) is 0 Å². The van der Waals surface area contributed by atoms with E-state index in [4.69, 9.17) is 11.6 Å². The van der Waals surface area contributed by atoms with Gasteiger partial charge in [0, 0.05) is 18.8 Å². The summed E-state index contributed by atoms with van der Waals surface area (Å²) in [6.45, 7) is 0.783. The van der Waals surface area contributed by atoms with E-state index in [1.807, 2.05) is 34.9 Å². The number of nitrogens with zero attached hydrogens (tertiary/aromatic N) is 3. The molecule has 2 aromatic heterocycles. The lowest BCUT2D eigenvalue weighted by Crippen LogP contribution is -2.16. The third-order valence-electron chi connectivity index (χ3n) is 3.78. The van der Waals surface area contributed by atoms with Crippen LogP contribution < -0.4 is 5.32 Å². The molecule has 4 nitrogen and oxygen atoms in total. The van der Waals surface area contributed by atoms with E-state index in [0.717, 1.165) is 29.0 Å². The van der Waals surface area contributed by atoms with Crippen molar-refractivity contribution in [3.8, 4) is 5.82 Å². The maximum Gasteiger partial charge on any atom is 0.138 e. The molecule has 0 unspecified atom stereocenters. The van der Waals surface area contributed by atoms with Crippen LogP contribution in [0.25, 0.3) is 16.9 Å². The molecule has 5 heteroatoms. The highest BCUT2D eigenvalue weighted by molar-refractivity contribution is 6.31. The van der Waals surface area contributed by atoms with E-state index in [-0.39, 0.29) is 0 Å². The Kier molecular flexibility index (Phi) is 3.13. The Morgan fingerprint density at radius 2 is 2.10 bits per heavy atom. The Bertz CT molecular complexity index is 792. The summed E-state index contributed by atoms with van der Waals surface area (Å²) in [5.74, 6) is 0.848. The quantitative estimate of drug-likeness (QED) is 0.803. The van der Waals surface area contributed by atoms with Crippen molar-refractivity contribution in [2.45, 2.75) is 25.4 Å². The fourth-order valence-corrected chi connectivity index (χ4v) is 2.59. The fourth-order valence-electron chi connectivity index (χ4n) is 2.42. The summed E-state index contributed by atoms with van der Waals surface area (Å²) in [7, 11) is 0. The summed E-state index contributed by atoms with van der Waals surface area (Å²) in [6, 6.07) is 10.7. The van der Waals surface area contributed by atoms with Gasteiger partial charge in [-0.15, -0.1) is 0 Å². The molecule has 0 atom stereocenters. The normalized spacial score (nSPS) is 14.7. The Morgan fingerprint density at radius 3 is 2.95 bits per heavy atom. The van der Waals surface area contributed by atoms with E-state index in [1.54, 1.807) is 12.5 Å². The highest BCUT2D eigenvalue weighted by Crippen LogP contribution is 2.23. The summed E-state index contributed by atoms with van der Waals surface area (Å²) in [5, 5.41) is 4.19. The average molecular weight is 299 g/mol. The van der Waals surface area contributed by atoms with Gasteiger partial charge in [-0.2, -0.15) is 0 Å². The smallest absolute Gasteiger partial charge is 0.138 e. The molecule has 0 radical (unpaired) electrons. The summed E-state index contributed by atoms with van der Waals surface area (Å²) in [5.41, 5.74) is 3.09. The largest absolute Gasteiger partial charge is 0.310 e. The number of rotatable bonds is 4.